The summed E-state index contributed by atoms with van der Waals surface area (Å²) in [5.74, 6) is -1.12. The van der Waals surface area contributed by atoms with Crippen LogP contribution in [-0.4, -0.2) is 48.5 Å². The number of imide groups is 1. The van der Waals surface area contributed by atoms with E-state index in [9.17, 15) is 14.4 Å². The van der Waals surface area contributed by atoms with Crippen molar-refractivity contribution < 1.29 is 14.4 Å². The molecule has 1 N–H and O–H groups in total. The van der Waals surface area contributed by atoms with Gasteiger partial charge < -0.3 is 5.32 Å². The summed E-state index contributed by atoms with van der Waals surface area (Å²) < 4.78 is 1.53. The maximum Gasteiger partial charge on any atom is 0.262 e. The lowest BCUT2D eigenvalue weighted by Crippen LogP contribution is -2.50. The number of nitrogens with zero attached hydrogens (tertiary/aromatic N) is 5. The molecule has 3 heterocycles. The number of carbonyl (C=O) groups is 3. The molecule has 0 bridgehead atoms. The van der Waals surface area contributed by atoms with Crippen molar-refractivity contribution in [1.29, 1.82) is 0 Å². The smallest absolute Gasteiger partial charge is 0.262 e. The second-order valence-electron chi connectivity index (χ2n) is 6.94. The first-order valence-electron chi connectivity index (χ1n) is 8.86. The molecule has 0 saturated carbocycles. The van der Waals surface area contributed by atoms with Crippen molar-refractivity contribution in [3.05, 3.63) is 46.7 Å². The van der Waals surface area contributed by atoms with E-state index in [1.165, 1.54) is 22.2 Å². The second-order valence-corrected chi connectivity index (χ2v) is 7.98. The second kappa shape index (κ2) is 7.12. The molecule has 10 heteroatoms. The minimum absolute atomic E-state index is 0.120. The average Bonchev–Trinajstić information content (AvgIpc) is 3.32. The molecule has 1 aliphatic heterocycles. The molecule has 3 amide bonds. The van der Waals surface area contributed by atoms with E-state index in [-0.39, 0.29) is 18.4 Å². The lowest BCUT2D eigenvalue weighted by Gasteiger charge is -2.26. The third-order valence-electron chi connectivity index (χ3n) is 4.48. The lowest BCUT2D eigenvalue weighted by molar-refractivity contribution is -0.125. The molecule has 1 unspecified atom stereocenters. The van der Waals surface area contributed by atoms with E-state index < -0.39 is 17.9 Å². The Labute approximate surface area is 164 Å². The third-order valence-corrected chi connectivity index (χ3v) is 5.39. The molecular weight excluding hydrogens is 380 g/mol. The van der Waals surface area contributed by atoms with Crippen LogP contribution < -0.4 is 5.32 Å². The average molecular weight is 398 g/mol. The fourth-order valence-electron chi connectivity index (χ4n) is 3.22. The van der Waals surface area contributed by atoms with Crippen LogP contribution in [0.5, 0.6) is 0 Å². The summed E-state index contributed by atoms with van der Waals surface area (Å²) in [4.78, 5) is 40.2. The van der Waals surface area contributed by atoms with E-state index in [0.29, 0.717) is 27.5 Å². The molecule has 0 aliphatic carbocycles. The third kappa shape index (κ3) is 3.15. The van der Waals surface area contributed by atoms with Crippen LogP contribution in [0.1, 0.15) is 46.0 Å². The summed E-state index contributed by atoms with van der Waals surface area (Å²) in [5.41, 5.74) is 0.672. The maximum atomic E-state index is 12.9. The highest BCUT2D eigenvalue weighted by Gasteiger charge is 2.42. The molecule has 0 spiro atoms. The Kier molecular flexibility index (Phi) is 4.63. The Morgan fingerprint density at radius 3 is 2.46 bits per heavy atom. The summed E-state index contributed by atoms with van der Waals surface area (Å²) in [6, 6.07) is 5.76. The summed E-state index contributed by atoms with van der Waals surface area (Å²) in [6.45, 7) is 4.08. The van der Waals surface area contributed by atoms with Crippen LogP contribution in [-0.2, 0) is 11.3 Å². The van der Waals surface area contributed by atoms with Crippen molar-refractivity contribution in [2.45, 2.75) is 32.9 Å². The number of aromatic nitrogens is 4. The van der Waals surface area contributed by atoms with Gasteiger partial charge in [0.25, 0.3) is 11.8 Å². The van der Waals surface area contributed by atoms with Crippen LogP contribution in [0.25, 0.3) is 4.96 Å². The summed E-state index contributed by atoms with van der Waals surface area (Å²) in [5, 5.41) is 15.4. The Bertz CT molecular complexity index is 1010. The van der Waals surface area contributed by atoms with Crippen LogP contribution >= 0.6 is 11.3 Å². The van der Waals surface area contributed by atoms with Gasteiger partial charge in [0.05, 0.1) is 17.7 Å². The molecule has 9 nitrogen and oxygen atoms in total. The van der Waals surface area contributed by atoms with Gasteiger partial charge in [0, 0.05) is 0 Å². The molecule has 0 radical (unpaired) electrons. The zero-order valence-electron chi connectivity index (χ0n) is 15.3. The van der Waals surface area contributed by atoms with Gasteiger partial charge in [0.2, 0.25) is 10.9 Å². The fourth-order valence-corrected chi connectivity index (χ4v) is 3.97. The first-order chi connectivity index (χ1) is 13.5. The highest BCUT2D eigenvalue weighted by atomic mass is 32.1. The number of benzene rings is 1. The summed E-state index contributed by atoms with van der Waals surface area (Å²) in [6.07, 6.45) is 1.86. The molecule has 1 aliphatic rings. The molecule has 144 valence electrons. The van der Waals surface area contributed by atoms with Crippen molar-refractivity contribution in [3.8, 4) is 0 Å². The topological polar surface area (TPSA) is 110 Å². The molecule has 1 aromatic carbocycles. The van der Waals surface area contributed by atoms with Gasteiger partial charge in [0.1, 0.15) is 17.4 Å². The van der Waals surface area contributed by atoms with Gasteiger partial charge in [-0.3, -0.25) is 19.3 Å². The monoisotopic (exact) mass is 398 g/mol. The highest BCUT2D eigenvalue weighted by molar-refractivity contribution is 7.16. The van der Waals surface area contributed by atoms with E-state index in [4.69, 9.17) is 0 Å². The normalized spacial score (nSPS) is 14.8. The Hall–Kier alpha value is -3.14. The van der Waals surface area contributed by atoms with Gasteiger partial charge in [-0.2, -0.15) is 9.61 Å². The molecular formula is C18H18N6O3S. The molecule has 2 aromatic heterocycles. The van der Waals surface area contributed by atoms with E-state index >= 15 is 0 Å². The number of amides is 3. The molecule has 3 aromatic rings. The number of hydrogen-bond acceptors (Lipinski definition) is 7. The molecule has 4 rings (SSSR count). The fraction of sp³-hybridized carbons (Fsp3) is 0.333. The maximum absolute atomic E-state index is 12.9. The van der Waals surface area contributed by atoms with Crippen LogP contribution in [0.3, 0.4) is 0 Å². The van der Waals surface area contributed by atoms with Gasteiger partial charge in [0.15, 0.2) is 0 Å². The van der Waals surface area contributed by atoms with Crippen molar-refractivity contribution >= 4 is 34.0 Å². The Balaban J connectivity index is 1.54. The predicted molar refractivity (Wildman–Crippen MR) is 101 cm³/mol. The lowest BCUT2D eigenvalue weighted by atomic mass is 10.0. The van der Waals surface area contributed by atoms with Gasteiger partial charge in [-0.25, -0.2) is 0 Å². The van der Waals surface area contributed by atoms with Gasteiger partial charge in [-0.15, -0.1) is 10.2 Å². The van der Waals surface area contributed by atoms with Crippen LogP contribution in [0, 0.1) is 5.92 Å². The van der Waals surface area contributed by atoms with Crippen LogP contribution in [0.15, 0.2) is 30.6 Å². The van der Waals surface area contributed by atoms with Gasteiger partial charge in [-0.05, 0) is 24.5 Å². The molecule has 0 saturated heterocycles. The molecule has 28 heavy (non-hydrogen) atoms. The largest absolute Gasteiger partial charge is 0.348 e. The molecule has 0 fully saturated rings. The molecule has 1 atom stereocenters. The SMILES string of the molecule is CC(C)CC(C(=O)NCc1nn2cnnc2s1)N1C(=O)c2ccccc2C1=O. The van der Waals surface area contributed by atoms with E-state index in [2.05, 4.69) is 20.6 Å². The Morgan fingerprint density at radius 1 is 1.18 bits per heavy atom. The summed E-state index contributed by atoms with van der Waals surface area (Å²) >= 11 is 1.31. The number of carbonyl (C=O) groups excluding carboxylic acids is 3. The highest BCUT2D eigenvalue weighted by Crippen LogP contribution is 2.27. The first-order valence-corrected chi connectivity index (χ1v) is 9.67. The number of hydrogen-bond donors (Lipinski definition) is 1. The van der Waals surface area contributed by atoms with Gasteiger partial charge in [-0.1, -0.05) is 37.3 Å². The van der Waals surface area contributed by atoms with Crippen molar-refractivity contribution in [1.82, 2.24) is 30.0 Å². The predicted octanol–water partition coefficient (Wildman–Crippen LogP) is 1.51. The van der Waals surface area contributed by atoms with Gasteiger partial charge >= 0.3 is 0 Å². The van der Waals surface area contributed by atoms with Crippen molar-refractivity contribution in [3.63, 3.8) is 0 Å². The zero-order chi connectivity index (χ0) is 19.8. The standard InChI is InChI=1S/C18H18N6O3S/c1-10(2)7-13(24-16(26)11-5-3-4-6-12(11)17(24)27)15(25)19-8-14-22-23-9-20-21-18(23)28-14/h3-6,9-10,13H,7-8H2,1-2H3,(H,19,25). The van der Waals surface area contributed by atoms with E-state index in [1.54, 1.807) is 24.3 Å². The number of fused-ring (bicyclic) bond motifs is 2. The van der Waals surface area contributed by atoms with Crippen molar-refractivity contribution in [2.24, 2.45) is 5.92 Å². The van der Waals surface area contributed by atoms with E-state index in [0.717, 1.165) is 4.90 Å². The number of rotatable bonds is 6. The summed E-state index contributed by atoms with van der Waals surface area (Å²) in [7, 11) is 0. The van der Waals surface area contributed by atoms with Crippen LogP contribution in [0.4, 0.5) is 0 Å². The number of nitrogens with one attached hydrogen (secondary N) is 1. The van der Waals surface area contributed by atoms with Crippen molar-refractivity contribution in [2.75, 3.05) is 0 Å². The van der Waals surface area contributed by atoms with E-state index in [1.807, 2.05) is 13.8 Å². The zero-order valence-corrected chi connectivity index (χ0v) is 16.1. The quantitative estimate of drug-likeness (QED) is 0.631. The minimum atomic E-state index is -0.877. The Morgan fingerprint density at radius 2 is 1.86 bits per heavy atom. The van der Waals surface area contributed by atoms with Crippen LogP contribution in [0.2, 0.25) is 0 Å². The first kappa shape index (κ1) is 18.2. The minimum Gasteiger partial charge on any atom is -0.348 e.